The van der Waals surface area contributed by atoms with Crippen LogP contribution in [-0.2, 0) is 11.3 Å². The Kier molecular flexibility index (Phi) is 5.12. The summed E-state index contributed by atoms with van der Waals surface area (Å²) in [6.07, 6.45) is 4.60. The number of amides is 1. The number of benzene rings is 2. The number of nitrogens with zero attached hydrogens (tertiary/aromatic N) is 4. The Balaban J connectivity index is 1.63. The third-order valence-electron chi connectivity index (χ3n) is 6.59. The number of hydrogen-bond donors (Lipinski definition) is 0. The van der Waals surface area contributed by atoms with Crippen LogP contribution in [0.15, 0.2) is 54.0 Å². The molecule has 1 fully saturated rings. The Bertz CT molecular complexity index is 1250. The fourth-order valence-electron chi connectivity index (χ4n) is 4.59. The van der Waals surface area contributed by atoms with Gasteiger partial charge in [0, 0.05) is 44.5 Å². The van der Waals surface area contributed by atoms with E-state index < -0.39 is 0 Å². The molecule has 1 amide bonds. The molecule has 1 aliphatic carbocycles. The first-order valence-corrected chi connectivity index (χ1v) is 11.4. The SMILES string of the molecule is C=C(C)c1cc(/N=C/c2cc3ccccc3n2CC2CC2)c2c(c1)N(C(C)=O)CCN2C. The zero-order valence-corrected chi connectivity index (χ0v) is 19.1. The predicted molar refractivity (Wildman–Crippen MR) is 134 cm³/mol. The van der Waals surface area contributed by atoms with Gasteiger partial charge < -0.3 is 14.4 Å². The number of carbonyl (C=O) groups is 1. The Morgan fingerprint density at radius 1 is 1.16 bits per heavy atom. The molecular formula is C27H30N4O. The maximum absolute atomic E-state index is 12.3. The molecule has 0 saturated heterocycles. The van der Waals surface area contributed by atoms with E-state index in [1.807, 2.05) is 18.0 Å². The predicted octanol–water partition coefficient (Wildman–Crippen LogP) is 5.64. The van der Waals surface area contributed by atoms with E-state index in [0.29, 0.717) is 6.54 Å². The summed E-state index contributed by atoms with van der Waals surface area (Å²) in [5.74, 6) is 0.824. The molecule has 2 heterocycles. The van der Waals surface area contributed by atoms with E-state index in [4.69, 9.17) is 4.99 Å². The highest BCUT2D eigenvalue weighted by Crippen LogP contribution is 2.43. The van der Waals surface area contributed by atoms with Crippen LogP contribution in [0.5, 0.6) is 0 Å². The summed E-state index contributed by atoms with van der Waals surface area (Å²) in [7, 11) is 2.07. The second kappa shape index (κ2) is 7.97. The van der Waals surface area contributed by atoms with E-state index in [9.17, 15) is 4.79 Å². The number of aromatic nitrogens is 1. The number of fused-ring (bicyclic) bond motifs is 2. The third kappa shape index (κ3) is 3.72. The van der Waals surface area contributed by atoms with Crippen LogP contribution in [0, 0.1) is 5.92 Å². The van der Waals surface area contributed by atoms with Crippen LogP contribution in [0.2, 0.25) is 0 Å². The van der Waals surface area contributed by atoms with Gasteiger partial charge in [0.2, 0.25) is 5.91 Å². The van der Waals surface area contributed by atoms with Crippen molar-refractivity contribution in [2.45, 2.75) is 33.2 Å². The van der Waals surface area contributed by atoms with Gasteiger partial charge >= 0.3 is 0 Å². The van der Waals surface area contributed by atoms with Crippen molar-refractivity contribution in [1.82, 2.24) is 4.57 Å². The molecule has 0 N–H and O–H groups in total. The number of rotatable bonds is 5. The first-order valence-electron chi connectivity index (χ1n) is 11.4. The molecule has 0 spiro atoms. The number of anilines is 2. The molecule has 0 radical (unpaired) electrons. The van der Waals surface area contributed by atoms with Crippen molar-refractivity contribution >= 4 is 45.7 Å². The van der Waals surface area contributed by atoms with Gasteiger partial charge in [0.1, 0.15) is 0 Å². The maximum Gasteiger partial charge on any atom is 0.223 e. The highest BCUT2D eigenvalue weighted by Gasteiger charge is 2.27. The van der Waals surface area contributed by atoms with E-state index in [2.05, 4.69) is 65.6 Å². The molecule has 5 heteroatoms. The second-order valence-electron chi connectivity index (χ2n) is 9.18. The van der Waals surface area contributed by atoms with E-state index in [1.165, 1.54) is 23.7 Å². The minimum atomic E-state index is 0.0534. The summed E-state index contributed by atoms with van der Waals surface area (Å²) < 4.78 is 2.40. The molecule has 0 unspecified atom stereocenters. The van der Waals surface area contributed by atoms with E-state index in [1.54, 1.807) is 6.92 Å². The number of allylic oxidation sites excluding steroid dienone is 1. The quantitative estimate of drug-likeness (QED) is 0.496. The highest BCUT2D eigenvalue weighted by atomic mass is 16.2. The highest BCUT2D eigenvalue weighted by molar-refractivity contribution is 6.01. The lowest BCUT2D eigenvalue weighted by molar-refractivity contribution is -0.116. The summed E-state index contributed by atoms with van der Waals surface area (Å²) in [5, 5.41) is 1.24. The van der Waals surface area contributed by atoms with Gasteiger partial charge in [-0.05, 0) is 55.5 Å². The van der Waals surface area contributed by atoms with E-state index >= 15 is 0 Å². The molecule has 5 rings (SSSR count). The number of para-hydroxylation sites is 1. The minimum absolute atomic E-state index is 0.0534. The number of hydrogen-bond acceptors (Lipinski definition) is 3. The minimum Gasteiger partial charge on any atom is -0.369 e. The fraction of sp³-hybridized carbons (Fsp3) is 0.333. The Morgan fingerprint density at radius 2 is 1.94 bits per heavy atom. The van der Waals surface area contributed by atoms with Crippen LogP contribution in [0.1, 0.15) is 37.9 Å². The van der Waals surface area contributed by atoms with Crippen LogP contribution in [-0.4, -0.2) is 36.8 Å². The molecule has 0 bridgehead atoms. The summed E-state index contributed by atoms with van der Waals surface area (Å²) in [6.45, 7) is 10.2. The monoisotopic (exact) mass is 426 g/mol. The largest absolute Gasteiger partial charge is 0.369 e. The molecule has 32 heavy (non-hydrogen) atoms. The lowest BCUT2D eigenvalue weighted by Crippen LogP contribution is -2.41. The number of likely N-dealkylation sites (N-methyl/N-ethyl adjacent to an activating group) is 1. The normalized spacial score (nSPS) is 16.1. The van der Waals surface area contributed by atoms with Crippen LogP contribution < -0.4 is 9.80 Å². The van der Waals surface area contributed by atoms with Crippen LogP contribution in [0.4, 0.5) is 17.1 Å². The second-order valence-corrected chi connectivity index (χ2v) is 9.18. The third-order valence-corrected chi connectivity index (χ3v) is 6.59. The Morgan fingerprint density at radius 3 is 2.66 bits per heavy atom. The molecule has 164 valence electrons. The van der Waals surface area contributed by atoms with Crippen molar-refractivity contribution in [2.24, 2.45) is 10.9 Å². The zero-order valence-electron chi connectivity index (χ0n) is 19.1. The average Bonchev–Trinajstić information content (AvgIpc) is 3.52. The van der Waals surface area contributed by atoms with Crippen LogP contribution >= 0.6 is 0 Å². The van der Waals surface area contributed by atoms with Crippen molar-refractivity contribution in [3.05, 3.63) is 60.3 Å². The van der Waals surface area contributed by atoms with Gasteiger partial charge in [-0.25, -0.2) is 0 Å². The number of carbonyl (C=O) groups excluding carboxylic acids is 1. The molecule has 1 aliphatic heterocycles. The van der Waals surface area contributed by atoms with Crippen molar-refractivity contribution in [1.29, 1.82) is 0 Å². The van der Waals surface area contributed by atoms with Gasteiger partial charge in [-0.3, -0.25) is 9.79 Å². The molecule has 5 nitrogen and oxygen atoms in total. The molecule has 1 saturated carbocycles. The Labute approximate surface area is 189 Å². The Hall–Kier alpha value is -3.34. The molecule has 3 aromatic rings. The smallest absolute Gasteiger partial charge is 0.223 e. The fourth-order valence-corrected chi connectivity index (χ4v) is 4.59. The maximum atomic E-state index is 12.3. The summed E-state index contributed by atoms with van der Waals surface area (Å²) in [6, 6.07) is 14.9. The molecule has 1 aromatic heterocycles. The lowest BCUT2D eigenvalue weighted by Gasteiger charge is -2.36. The summed E-state index contributed by atoms with van der Waals surface area (Å²) >= 11 is 0. The van der Waals surface area contributed by atoms with Crippen molar-refractivity contribution in [2.75, 3.05) is 29.9 Å². The van der Waals surface area contributed by atoms with E-state index in [-0.39, 0.29) is 5.91 Å². The van der Waals surface area contributed by atoms with Crippen LogP contribution in [0.25, 0.3) is 16.5 Å². The first-order chi connectivity index (χ1) is 15.4. The number of aliphatic imine (C=N–C) groups is 1. The topological polar surface area (TPSA) is 40.8 Å². The van der Waals surface area contributed by atoms with Gasteiger partial charge in [0.25, 0.3) is 0 Å². The van der Waals surface area contributed by atoms with Gasteiger partial charge in [0.05, 0.1) is 29.0 Å². The van der Waals surface area contributed by atoms with Crippen molar-refractivity contribution < 1.29 is 4.79 Å². The van der Waals surface area contributed by atoms with Gasteiger partial charge in [-0.15, -0.1) is 0 Å². The molecular weight excluding hydrogens is 396 g/mol. The molecule has 2 aromatic carbocycles. The molecule has 2 aliphatic rings. The van der Waals surface area contributed by atoms with Crippen LogP contribution in [0.3, 0.4) is 0 Å². The first kappa shape index (κ1) is 20.6. The van der Waals surface area contributed by atoms with E-state index in [0.717, 1.165) is 52.9 Å². The molecule has 0 atom stereocenters. The standard InChI is InChI=1S/C27H30N4O/c1-18(2)22-14-24(27-26(15-22)30(19(3)32)12-11-29(27)4)28-16-23-13-21-7-5-6-8-25(21)31(23)17-20-9-10-20/h5-8,13-16,20H,1,9-12,17H2,2-4H3/b28-16+. The van der Waals surface area contributed by atoms with Gasteiger partial charge in [-0.1, -0.05) is 30.4 Å². The van der Waals surface area contributed by atoms with Crippen molar-refractivity contribution in [3.63, 3.8) is 0 Å². The van der Waals surface area contributed by atoms with Gasteiger partial charge in [-0.2, -0.15) is 0 Å². The zero-order chi connectivity index (χ0) is 22.4. The van der Waals surface area contributed by atoms with Gasteiger partial charge in [0.15, 0.2) is 0 Å². The summed E-state index contributed by atoms with van der Waals surface area (Å²) in [4.78, 5) is 21.4. The lowest BCUT2D eigenvalue weighted by atomic mass is 10.0. The van der Waals surface area contributed by atoms with Crippen molar-refractivity contribution in [3.8, 4) is 0 Å². The summed E-state index contributed by atoms with van der Waals surface area (Å²) in [5.41, 5.74) is 7.14. The average molecular weight is 427 g/mol.